The molecule has 1 saturated heterocycles. The van der Waals surface area contributed by atoms with Crippen LogP contribution in [0.3, 0.4) is 0 Å². The maximum atomic E-state index is 5.89. The van der Waals surface area contributed by atoms with E-state index in [2.05, 4.69) is 9.97 Å². The van der Waals surface area contributed by atoms with E-state index in [0.29, 0.717) is 19.0 Å². The molecule has 0 aliphatic carbocycles. The van der Waals surface area contributed by atoms with Crippen molar-refractivity contribution in [3.05, 3.63) is 15.3 Å². The molecule has 2 atom stereocenters. The Balaban J connectivity index is 2.27. The van der Waals surface area contributed by atoms with Crippen molar-refractivity contribution < 1.29 is 4.74 Å². The molecule has 0 saturated carbocycles. The standard InChI is InChI=1S/C10H12Cl3N3O/c1-5-3-16(4-6(2)17-5)10-14-8(12)7(11)9(13)15-10/h5-6H,3-4H2,1-2H3/t5-,6+. The van der Waals surface area contributed by atoms with Gasteiger partial charge in [-0.3, -0.25) is 0 Å². The number of hydrogen-bond acceptors (Lipinski definition) is 4. The summed E-state index contributed by atoms with van der Waals surface area (Å²) < 4.78 is 5.63. The molecular formula is C10H12Cl3N3O. The van der Waals surface area contributed by atoms with E-state index in [-0.39, 0.29) is 27.5 Å². The number of rotatable bonds is 1. The molecule has 0 amide bonds. The van der Waals surface area contributed by atoms with Crippen molar-refractivity contribution in [2.45, 2.75) is 26.1 Å². The van der Waals surface area contributed by atoms with Gasteiger partial charge in [-0.15, -0.1) is 0 Å². The van der Waals surface area contributed by atoms with Crippen LogP contribution in [0.1, 0.15) is 13.8 Å². The molecule has 0 aromatic carbocycles. The Bertz CT molecular complexity index is 396. The van der Waals surface area contributed by atoms with Gasteiger partial charge in [0.15, 0.2) is 10.3 Å². The molecule has 1 fully saturated rings. The highest BCUT2D eigenvalue weighted by Gasteiger charge is 2.25. The molecule has 0 spiro atoms. The quantitative estimate of drug-likeness (QED) is 0.747. The van der Waals surface area contributed by atoms with Crippen molar-refractivity contribution in [1.29, 1.82) is 0 Å². The predicted octanol–water partition coefficient (Wildman–Crippen LogP) is 3.05. The average molecular weight is 297 g/mol. The third-order valence-electron chi connectivity index (χ3n) is 2.46. The molecule has 0 bridgehead atoms. The van der Waals surface area contributed by atoms with Gasteiger partial charge in [0.1, 0.15) is 5.02 Å². The summed E-state index contributed by atoms with van der Waals surface area (Å²) in [6.07, 6.45) is 0.242. The Morgan fingerprint density at radius 2 is 1.53 bits per heavy atom. The molecular weight excluding hydrogens is 284 g/mol. The van der Waals surface area contributed by atoms with Gasteiger partial charge in [0, 0.05) is 13.1 Å². The van der Waals surface area contributed by atoms with E-state index in [0.717, 1.165) is 0 Å². The molecule has 17 heavy (non-hydrogen) atoms. The van der Waals surface area contributed by atoms with Crippen LogP contribution in [0.4, 0.5) is 5.95 Å². The van der Waals surface area contributed by atoms with Gasteiger partial charge in [-0.25, -0.2) is 0 Å². The molecule has 7 heteroatoms. The first kappa shape index (κ1) is 13.1. The van der Waals surface area contributed by atoms with Gasteiger partial charge in [-0.2, -0.15) is 9.97 Å². The molecule has 94 valence electrons. The number of morpholine rings is 1. The minimum atomic E-state index is 0.121. The van der Waals surface area contributed by atoms with Crippen LogP contribution in [0.2, 0.25) is 15.3 Å². The molecule has 2 heterocycles. The number of aromatic nitrogens is 2. The third kappa shape index (κ3) is 2.94. The van der Waals surface area contributed by atoms with Crippen molar-refractivity contribution in [1.82, 2.24) is 9.97 Å². The first-order valence-corrected chi connectivity index (χ1v) is 6.39. The average Bonchev–Trinajstić information content (AvgIpc) is 2.23. The highest BCUT2D eigenvalue weighted by Crippen LogP contribution is 2.29. The van der Waals surface area contributed by atoms with E-state index in [4.69, 9.17) is 39.5 Å². The number of anilines is 1. The zero-order chi connectivity index (χ0) is 12.6. The fourth-order valence-corrected chi connectivity index (χ4v) is 2.33. The molecule has 1 aliphatic heterocycles. The van der Waals surface area contributed by atoms with Gasteiger partial charge in [0.05, 0.1) is 12.2 Å². The predicted molar refractivity (Wildman–Crippen MR) is 69.3 cm³/mol. The van der Waals surface area contributed by atoms with Crippen LogP contribution >= 0.6 is 34.8 Å². The molecule has 0 unspecified atom stereocenters. The Morgan fingerprint density at radius 3 is 2.00 bits per heavy atom. The first-order valence-electron chi connectivity index (χ1n) is 5.26. The van der Waals surface area contributed by atoms with E-state index in [1.165, 1.54) is 0 Å². The molecule has 1 aromatic rings. The first-order chi connectivity index (χ1) is 7.97. The monoisotopic (exact) mass is 295 g/mol. The highest BCUT2D eigenvalue weighted by molar-refractivity contribution is 6.46. The summed E-state index contributed by atoms with van der Waals surface area (Å²) in [6.45, 7) is 5.42. The van der Waals surface area contributed by atoms with Crippen molar-refractivity contribution in [2.24, 2.45) is 0 Å². The maximum Gasteiger partial charge on any atom is 0.228 e. The van der Waals surface area contributed by atoms with Crippen LogP contribution in [0.5, 0.6) is 0 Å². The van der Waals surface area contributed by atoms with Crippen LogP contribution in [0.25, 0.3) is 0 Å². The largest absolute Gasteiger partial charge is 0.372 e. The van der Waals surface area contributed by atoms with Gasteiger partial charge < -0.3 is 9.64 Å². The Labute approximate surface area is 115 Å². The summed E-state index contributed by atoms with van der Waals surface area (Å²) in [4.78, 5) is 10.3. The van der Waals surface area contributed by atoms with Gasteiger partial charge >= 0.3 is 0 Å². The van der Waals surface area contributed by atoms with Crippen molar-refractivity contribution >= 4 is 40.8 Å². The van der Waals surface area contributed by atoms with E-state index in [1.807, 2.05) is 18.7 Å². The Kier molecular flexibility index (Phi) is 3.98. The summed E-state index contributed by atoms with van der Waals surface area (Å²) in [6, 6.07) is 0. The Morgan fingerprint density at radius 1 is 1.06 bits per heavy atom. The van der Waals surface area contributed by atoms with Crippen LogP contribution in [-0.4, -0.2) is 35.3 Å². The number of ether oxygens (including phenoxy) is 1. The second-order valence-corrected chi connectivity index (χ2v) is 5.18. The van der Waals surface area contributed by atoms with Crippen LogP contribution < -0.4 is 4.90 Å². The SMILES string of the molecule is C[C@@H]1CN(c2nc(Cl)c(Cl)c(Cl)n2)C[C@H](C)O1. The summed E-state index contributed by atoms with van der Waals surface area (Å²) in [5.41, 5.74) is 0. The fraction of sp³-hybridized carbons (Fsp3) is 0.600. The molecule has 2 rings (SSSR count). The van der Waals surface area contributed by atoms with Gasteiger partial charge in [-0.05, 0) is 13.8 Å². The number of hydrogen-bond donors (Lipinski definition) is 0. The smallest absolute Gasteiger partial charge is 0.228 e. The second-order valence-electron chi connectivity index (χ2n) is 4.08. The van der Waals surface area contributed by atoms with E-state index >= 15 is 0 Å². The normalized spacial score (nSPS) is 25.1. The number of halogens is 3. The Hall–Kier alpha value is -0.290. The summed E-state index contributed by atoms with van der Waals surface area (Å²) in [5.74, 6) is 0.492. The molecule has 1 aliphatic rings. The summed E-state index contributed by atoms with van der Waals surface area (Å²) >= 11 is 17.6. The lowest BCUT2D eigenvalue weighted by Crippen LogP contribution is -2.46. The molecule has 1 aromatic heterocycles. The summed E-state index contributed by atoms with van der Waals surface area (Å²) in [5, 5.41) is 0.536. The fourth-order valence-electron chi connectivity index (χ4n) is 1.87. The molecule has 0 radical (unpaired) electrons. The minimum absolute atomic E-state index is 0.121. The second kappa shape index (κ2) is 5.14. The van der Waals surface area contributed by atoms with Gasteiger partial charge in [-0.1, -0.05) is 34.8 Å². The van der Waals surface area contributed by atoms with Crippen LogP contribution in [0.15, 0.2) is 0 Å². The van der Waals surface area contributed by atoms with Crippen LogP contribution in [0, 0.1) is 0 Å². The molecule has 4 nitrogen and oxygen atoms in total. The zero-order valence-corrected chi connectivity index (χ0v) is 11.7. The topological polar surface area (TPSA) is 38.2 Å². The van der Waals surface area contributed by atoms with Gasteiger partial charge in [0.25, 0.3) is 0 Å². The van der Waals surface area contributed by atoms with Gasteiger partial charge in [0.2, 0.25) is 5.95 Å². The maximum absolute atomic E-state index is 5.89. The lowest BCUT2D eigenvalue weighted by Gasteiger charge is -2.35. The zero-order valence-electron chi connectivity index (χ0n) is 9.45. The lowest BCUT2D eigenvalue weighted by molar-refractivity contribution is -0.00571. The third-order valence-corrected chi connectivity index (χ3v) is 3.56. The summed E-state index contributed by atoms with van der Waals surface area (Å²) in [7, 11) is 0. The van der Waals surface area contributed by atoms with Crippen molar-refractivity contribution in [3.8, 4) is 0 Å². The molecule has 0 N–H and O–H groups in total. The van der Waals surface area contributed by atoms with Crippen molar-refractivity contribution in [2.75, 3.05) is 18.0 Å². The van der Waals surface area contributed by atoms with E-state index < -0.39 is 0 Å². The van der Waals surface area contributed by atoms with Crippen molar-refractivity contribution in [3.63, 3.8) is 0 Å². The highest BCUT2D eigenvalue weighted by atomic mass is 35.5. The number of nitrogens with zero attached hydrogens (tertiary/aromatic N) is 3. The minimum Gasteiger partial charge on any atom is -0.372 e. The lowest BCUT2D eigenvalue weighted by atomic mass is 10.2. The van der Waals surface area contributed by atoms with Crippen LogP contribution in [-0.2, 0) is 4.74 Å². The van der Waals surface area contributed by atoms with E-state index in [9.17, 15) is 0 Å². The van der Waals surface area contributed by atoms with E-state index in [1.54, 1.807) is 0 Å².